The van der Waals surface area contributed by atoms with Gasteiger partial charge in [0.1, 0.15) is 10.5 Å². The molecule has 1 unspecified atom stereocenters. The van der Waals surface area contributed by atoms with Gasteiger partial charge in [-0.2, -0.15) is 4.98 Å². The second-order valence-electron chi connectivity index (χ2n) is 3.92. The fourth-order valence-corrected chi connectivity index (χ4v) is 2.16. The standard InChI is InChI=1S/C11H15N3O2S/c1-4-11(2,15-3)10-13-9(16-14-10)8-7(12)5-6-17-8/h5-6H,4,12H2,1-3H3. The molecule has 0 aliphatic carbocycles. The van der Waals surface area contributed by atoms with Gasteiger partial charge in [0.15, 0.2) is 0 Å². The van der Waals surface area contributed by atoms with E-state index >= 15 is 0 Å². The molecule has 0 amide bonds. The van der Waals surface area contributed by atoms with Crippen molar-refractivity contribution in [2.75, 3.05) is 12.8 Å². The number of thiophene rings is 1. The maximum Gasteiger partial charge on any atom is 0.270 e. The van der Waals surface area contributed by atoms with E-state index in [1.165, 1.54) is 11.3 Å². The number of hydrogen-bond acceptors (Lipinski definition) is 6. The van der Waals surface area contributed by atoms with Gasteiger partial charge in [-0.05, 0) is 24.8 Å². The molecule has 0 fully saturated rings. The molecular weight excluding hydrogens is 238 g/mol. The highest BCUT2D eigenvalue weighted by molar-refractivity contribution is 7.14. The predicted octanol–water partition coefficient (Wildman–Crippen LogP) is 2.65. The Morgan fingerprint density at radius 1 is 1.59 bits per heavy atom. The maximum atomic E-state index is 5.81. The summed E-state index contributed by atoms with van der Waals surface area (Å²) in [6.07, 6.45) is 0.766. The first-order chi connectivity index (χ1) is 8.10. The molecule has 0 spiro atoms. The van der Waals surface area contributed by atoms with Crippen molar-refractivity contribution >= 4 is 17.0 Å². The Morgan fingerprint density at radius 2 is 2.35 bits per heavy atom. The van der Waals surface area contributed by atoms with Gasteiger partial charge >= 0.3 is 0 Å². The Bertz CT molecular complexity index is 502. The minimum absolute atomic E-state index is 0.448. The second kappa shape index (κ2) is 4.46. The monoisotopic (exact) mass is 253 g/mol. The van der Waals surface area contributed by atoms with Crippen molar-refractivity contribution in [3.63, 3.8) is 0 Å². The van der Waals surface area contributed by atoms with Crippen LogP contribution in [0.1, 0.15) is 26.1 Å². The van der Waals surface area contributed by atoms with Gasteiger partial charge in [-0.25, -0.2) is 0 Å². The zero-order chi connectivity index (χ0) is 12.5. The van der Waals surface area contributed by atoms with E-state index < -0.39 is 5.60 Å². The summed E-state index contributed by atoms with van der Waals surface area (Å²) < 4.78 is 10.7. The Hall–Kier alpha value is -1.40. The fraction of sp³-hybridized carbons (Fsp3) is 0.455. The molecular formula is C11H15N3O2S. The summed E-state index contributed by atoms with van der Waals surface area (Å²) in [4.78, 5) is 5.16. The number of hydrogen-bond donors (Lipinski definition) is 1. The molecule has 0 bridgehead atoms. The summed E-state index contributed by atoms with van der Waals surface area (Å²) in [5, 5.41) is 5.86. The Morgan fingerprint density at radius 3 is 2.88 bits per heavy atom. The summed E-state index contributed by atoms with van der Waals surface area (Å²) in [5.74, 6) is 0.995. The molecule has 0 aromatic carbocycles. The van der Waals surface area contributed by atoms with E-state index in [0.29, 0.717) is 17.4 Å². The summed E-state index contributed by atoms with van der Waals surface area (Å²) in [5.41, 5.74) is 5.94. The quantitative estimate of drug-likeness (QED) is 0.906. The van der Waals surface area contributed by atoms with E-state index in [1.54, 1.807) is 7.11 Å². The molecule has 17 heavy (non-hydrogen) atoms. The van der Waals surface area contributed by atoms with Crippen LogP contribution < -0.4 is 5.73 Å². The summed E-state index contributed by atoms with van der Waals surface area (Å²) in [6, 6.07) is 1.82. The van der Waals surface area contributed by atoms with E-state index in [4.69, 9.17) is 15.0 Å². The first-order valence-electron chi connectivity index (χ1n) is 5.33. The number of ether oxygens (including phenoxy) is 1. The van der Waals surface area contributed by atoms with Crippen LogP contribution >= 0.6 is 11.3 Å². The highest BCUT2D eigenvalue weighted by Crippen LogP contribution is 2.33. The van der Waals surface area contributed by atoms with E-state index in [2.05, 4.69) is 10.1 Å². The smallest absolute Gasteiger partial charge is 0.270 e. The fourth-order valence-electron chi connectivity index (χ4n) is 1.42. The van der Waals surface area contributed by atoms with Crippen LogP contribution in [0.15, 0.2) is 16.0 Å². The molecule has 0 aliphatic rings. The van der Waals surface area contributed by atoms with Gasteiger partial charge in [0.05, 0.1) is 5.69 Å². The molecule has 6 heteroatoms. The first-order valence-corrected chi connectivity index (χ1v) is 6.21. The van der Waals surface area contributed by atoms with Crippen LogP contribution in [0, 0.1) is 0 Å². The third-order valence-corrected chi connectivity index (χ3v) is 3.83. The third-order valence-electron chi connectivity index (χ3n) is 2.91. The third kappa shape index (κ3) is 2.05. The summed E-state index contributed by atoms with van der Waals surface area (Å²) in [6.45, 7) is 3.94. The van der Waals surface area contributed by atoms with Crippen LogP contribution in [0.5, 0.6) is 0 Å². The molecule has 92 valence electrons. The van der Waals surface area contributed by atoms with Gasteiger partial charge in [-0.1, -0.05) is 12.1 Å². The minimum atomic E-state index is -0.520. The van der Waals surface area contributed by atoms with Crippen LogP contribution in [0.25, 0.3) is 10.8 Å². The van der Waals surface area contributed by atoms with Gasteiger partial charge in [0, 0.05) is 7.11 Å². The van der Waals surface area contributed by atoms with Gasteiger partial charge < -0.3 is 15.0 Å². The average Bonchev–Trinajstić information content (AvgIpc) is 2.96. The number of anilines is 1. The molecule has 0 saturated carbocycles. The largest absolute Gasteiger partial charge is 0.397 e. The molecule has 1 atom stereocenters. The number of rotatable bonds is 4. The molecule has 2 N–H and O–H groups in total. The van der Waals surface area contributed by atoms with Crippen molar-refractivity contribution in [3.8, 4) is 10.8 Å². The first kappa shape index (κ1) is 12.1. The molecule has 0 saturated heterocycles. The Labute approximate surface area is 104 Å². The van der Waals surface area contributed by atoms with E-state index in [9.17, 15) is 0 Å². The Kier molecular flexibility index (Phi) is 3.17. The topological polar surface area (TPSA) is 74.2 Å². The Balaban J connectivity index is 2.37. The number of methoxy groups -OCH3 is 1. The molecule has 0 aliphatic heterocycles. The van der Waals surface area contributed by atoms with Crippen molar-refractivity contribution in [1.29, 1.82) is 0 Å². The number of aromatic nitrogens is 2. The molecule has 2 heterocycles. The highest BCUT2D eigenvalue weighted by Gasteiger charge is 2.30. The van der Waals surface area contributed by atoms with Crippen molar-refractivity contribution in [1.82, 2.24) is 10.1 Å². The van der Waals surface area contributed by atoms with Gasteiger partial charge in [0.2, 0.25) is 5.82 Å². The summed E-state index contributed by atoms with van der Waals surface area (Å²) in [7, 11) is 1.64. The lowest BCUT2D eigenvalue weighted by Gasteiger charge is -2.21. The lowest BCUT2D eigenvalue weighted by molar-refractivity contribution is -0.0106. The number of nitrogen functional groups attached to an aromatic ring is 1. The van der Waals surface area contributed by atoms with Gasteiger partial charge in [-0.15, -0.1) is 11.3 Å². The number of nitrogens with zero attached hydrogens (tertiary/aromatic N) is 2. The van der Waals surface area contributed by atoms with Crippen LogP contribution in [-0.4, -0.2) is 17.3 Å². The van der Waals surface area contributed by atoms with E-state index in [-0.39, 0.29) is 0 Å². The number of nitrogens with two attached hydrogens (primary N) is 1. The van der Waals surface area contributed by atoms with Crippen molar-refractivity contribution in [2.45, 2.75) is 25.9 Å². The molecule has 2 aromatic heterocycles. The maximum absolute atomic E-state index is 5.81. The lowest BCUT2D eigenvalue weighted by atomic mass is 10.0. The van der Waals surface area contributed by atoms with Crippen LogP contribution in [0.4, 0.5) is 5.69 Å². The van der Waals surface area contributed by atoms with Gasteiger partial charge in [-0.3, -0.25) is 0 Å². The normalized spacial score (nSPS) is 14.8. The SMILES string of the molecule is CCC(C)(OC)c1noc(-c2sccc2N)n1. The van der Waals surface area contributed by atoms with Crippen molar-refractivity contribution in [2.24, 2.45) is 0 Å². The second-order valence-corrected chi connectivity index (χ2v) is 4.83. The molecule has 2 aromatic rings. The van der Waals surface area contributed by atoms with E-state index in [0.717, 1.165) is 11.3 Å². The van der Waals surface area contributed by atoms with Crippen molar-refractivity contribution < 1.29 is 9.26 Å². The van der Waals surface area contributed by atoms with Crippen molar-refractivity contribution in [3.05, 3.63) is 17.3 Å². The van der Waals surface area contributed by atoms with Crippen LogP contribution in [0.2, 0.25) is 0 Å². The summed E-state index contributed by atoms with van der Waals surface area (Å²) >= 11 is 1.48. The molecule has 2 rings (SSSR count). The predicted molar refractivity (Wildman–Crippen MR) is 66.7 cm³/mol. The van der Waals surface area contributed by atoms with Gasteiger partial charge in [0.25, 0.3) is 5.89 Å². The van der Waals surface area contributed by atoms with E-state index in [1.807, 2.05) is 25.3 Å². The zero-order valence-electron chi connectivity index (χ0n) is 10.1. The lowest BCUT2D eigenvalue weighted by Crippen LogP contribution is -2.24. The highest BCUT2D eigenvalue weighted by atomic mass is 32.1. The average molecular weight is 253 g/mol. The van der Waals surface area contributed by atoms with Crippen LogP contribution in [0.3, 0.4) is 0 Å². The molecule has 5 nitrogen and oxygen atoms in total. The zero-order valence-corrected chi connectivity index (χ0v) is 10.9. The molecule has 0 radical (unpaired) electrons. The van der Waals surface area contributed by atoms with Crippen LogP contribution in [-0.2, 0) is 10.3 Å². The minimum Gasteiger partial charge on any atom is -0.397 e.